The summed E-state index contributed by atoms with van der Waals surface area (Å²) in [7, 11) is 0. The molecule has 0 aliphatic carbocycles. The van der Waals surface area contributed by atoms with Crippen molar-refractivity contribution >= 4 is 38.3 Å². The van der Waals surface area contributed by atoms with Gasteiger partial charge >= 0.3 is 0 Å². The Morgan fingerprint density at radius 3 is 2.70 bits per heavy atom. The molecule has 0 bridgehead atoms. The monoisotopic (exact) mass is 389 g/mol. The average Bonchev–Trinajstić information content (AvgIpc) is 3.04. The highest BCUT2D eigenvalue weighted by Gasteiger charge is 2.09. The summed E-state index contributed by atoms with van der Waals surface area (Å²) < 4.78 is 2.49. The number of anilines is 1. The lowest BCUT2D eigenvalue weighted by atomic mass is 10.2. The molecule has 1 aromatic carbocycles. The third kappa shape index (κ3) is 3.94. The van der Waals surface area contributed by atoms with Crippen LogP contribution in [0.3, 0.4) is 0 Å². The fraction of sp³-hybridized carbons (Fsp3) is 0.0625. The van der Waals surface area contributed by atoms with Gasteiger partial charge in [0.2, 0.25) is 0 Å². The Hall–Kier alpha value is -2.25. The maximum atomic E-state index is 12.2. The van der Waals surface area contributed by atoms with Crippen molar-refractivity contribution in [3.05, 3.63) is 80.1 Å². The minimum atomic E-state index is -0.287. The van der Waals surface area contributed by atoms with E-state index in [1.54, 1.807) is 17.8 Å². The predicted molar refractivity (Wildman–Crippen MR) is 94.0 cm³/mol. The number of benzene rings is 1. The van der Waals surface area contributed by atoms with Gasteiger partial charge in [0, 0.05) is 28.3 Å². The summed E-state index contributed by atoms with van der Waals surface area (Å²) in [4.78, 5) is 28.2. The van der Waals surface area contributed by atoms with Crippen LogP contribution >= 0.6 is 27.3 Å². The molecule has 0 aliphatic heterocycles. The van der Waals surface area contributed by atoms with E-state index in [2.05, 4.69) is 26.2 Å². The van der Waals surface area contributed by atoms with Crippen LogP contribution in [-0.4, -0.2) is 15.5 Å². The van der Waals surface area contributed by atoms with Gasteiger partial charge in [-0.25, -0.2) is 4.98 Å². The van der Waals surface area contributed by atoms with Crippen molar-refractivity contribution < 1.29 is 4.79 Å². The molecule has 0 aliphatic rings. The molecular weight excluding hydrogens is 378 g/mol. The van der Waals surface area contributed by atoms with Gasteiger partial charge in [0.25, 0.3) is 11.5 Å². The van der Waals surface area contributed by atoms with Gasteiger partial charge in [-0.2, -0.15) is 0 Å². The molecule has 2 aromatic heterocycles. The summed E-state index contributed by atoms with van der Waals surface area (Å²) >= 11 is 4.72. The molecule has 0 atom stereocenters. The molecule has 3 aromatic rings. The number of carbonyl (C=O) groups excluding carboxylic acids is 1. The summed E-state index contributed by atoms with van der Waals surface area (Å²) in [6.07, 6.45) is 3.18. The van der Waals surface area contributed by atoms with Crippen molar-refractivity contribution in [1.82, 2.24) is 9.55 Å². The van der Waals surface area contributed by atoms with E-state index in [0.29, 0.717) is 17.2 Å². The number of aromatic nitrogens is 2. The van der Waals surface area contributed by atoms with E-state index in [-0.39, 0.29) is 11.5 Å². The van der Waals surface area contributed by atoms with Crippen LogP contribution in [0.4, 0.5) is 5.13 Å². The van der Waals surface area contributed by atoms with Gasteiger partial charge in [-0.15, -0.1) is 11.3 Å². The van der Waals surface area contributed by atoms with Gasteiger partial charge < -0.3 is 4.57 Å². The van der Waals surface area contributed by atoms with Crippen molar-refractivity contribution in [2.75, 3.05) is 5.32 Å². The Kier molecular flexibility index (Phi) is 4.68. The van der Waals surface area contributed by atoms with Crippen molar-refractivity contribution in [3.63, 3.8) is 0 Å². The highest BCUT2D eigenvalue weighted by Crippen LogP contribution is 2.13. The van der Waals surface area contributed by atoms with E-state index in [4.69, 9.17) is 0 Å². The number of hydrogen-bond donors (Lipinski definition) is 1. The SMILES string of the molecule is O=C(Nc1nccs1)c1ccc(=O)n(Cc2ccc(Br)cc2)c1. The fourth-order valence-electron chi connectivity index (χ4n) is 2.03. The topological polar surface area (TPSA) is 64.0 Å². The van der Waals surface area contributed by atoms with Crippen molar-refractivity contribution in [2.24, 2.45) is 0 Å². The lowest BCUT2D eigenvalue weighted by Crippen LogP contribution is -2.22. The van der Waals surface area contributed by atoms with Crippen molar-refractivity contribution in [3.8, 4) is 0 Å². The van der Waals surface area contributed by atoms with Crippen molar-refractivity contribution in [2.45, 2.75) is 6.54 Å². The van der Waals surface area contributed by atoms with Crippen LogP contribution < -0.4 is 10.9 Å². The van der Waals surface area contributed by atoms with Gasteiger partial charge in [-0.1, -0.05) is 28.1 Å². The number of nitrogens with zero attached hydrogens (tertiary/aromatic N) is 2. The molecular formula is C16H12BrN3O2S. The maximum absolute atomic E-state index is 12.2. The second-order valence-electron chi connectivity index (χ2n) is 4.80. The molecule has 5 nitrogen and oxygen atoms in total. The minimum Gasteiger partial charge on any atom is -0.310 e. The Morgan fingerprint density at radius 2 is 2.00 bits per heavy atom. The third-order valence-corrected chi connectivity index (χ3v) is 4.38. The number of rotatable bonds is 4. The zero-order chi connectivity index (χ0) is 16.2. The normalized spacial score (nSPS) is 10.5. The average molecular weight is 390 g/mol. The zero-order valence-corrected chi connectivity index (χ0v) is 14.3. The minimum absolute atomic E-state index is 0.154. The molecule has 116 valence electrons. The van der Waals surface area contributed by atoms with Crippen LogP contribution in [0.2, 0.25) is 0 Å². The first-order chi connectivity index (χ1) is 11.1. The lowest BCUT2D eigenvalue weighted by molar-refractivity contribution is 0.102. The first kappa shape index (κ1) is 15.6. The number of hydrogen-bond acceptors (Lipinski definition) is 4. The van der Waals surface area contributed by atoms with Gasteiger partial charge in [-0.3, -0.25) is 14.9 Å². The number of carbonyl (C=O) groups is 1. The highest BCUT2D eigenvalue weighted by atomic mass is 79.9. The van der Waals surface area contributed by atoms with Gasteiger partial charge in [0.05, 0.1) is 12.1 Å². The van der Waals surface area contributed by atoms with Crippen molar-refractivity contribution in [1.29, 1.82) is 0 Å². The summed E-state index contributed by atoms with van der Waals surface area (Å²) in [5, 5.41) is 5.01. The molecule has 1 amide bonds. The number of amides is 1. The third-order valence-electron chi connectivity index (χ3n) is 3.16. The van der Waals surface area contributed by atoms with E-state index in [0.717, 1.165) is 10.0 Å². The molecule has 0 spiro atoms. The van der Waals surface area contributed by atoms with Crippen LogP contribution in [0, 0.1) is 0 Å². The molecule has 23 heavy (non-hydrogen) atoms. The van der Waals surface area contributed by atoms with Crippen LogP contribution in [0.5, 0.6) is 0 Å². The van der Waals surface area contributed by atoms with Gasteiger partial charge in [-0.05, 0) is 23.8 Å². The second-order valence-corrected chi connectivity index (χ2v) is 6.61. The van der Waals surface area contributed by atoms with E-state index < -0.39 is 0 Å². The van der Waals surface area contributed by atoms with Crippen LogP contribution in [0.25, 0.3) is 0 Å². The maximum Gasteiger partial charge on any atom is 0.258 e. The van der Waals surface area contributed by atoms with E-state index in [9.17, 15) is 9.59 Å². The second kappa shape index (κ2) is 6.89. The van der Waals surface area contributed by atoms with Crippen LogP contribution in [-0.2, 0) is 6.54 Å². The van der Waals surface area contributed by atoms with Crippen LogP contribution in [0.15, 0.2) is 63.4 Å². The first-order valence-electron chi connectivity index (χ1n) is 6.77. The predicted octanol–water partition coefficient (Wildman–Crippen LogP) is 3.37. The summed E-state index contributed by atoms with van der Waals surface area (Å²) in [5.41, 5.74) is 1.24. The molecule has 1 N–H and O–H groups in total. The summed E-state index contributed by atoms with van der Waals surface area (Å²) in [6.45, 7) is 0.407. The van der Waals surface area contributed by atoms with E-state index in [1.807, 2.05) is 24.3 Å². The first-order valence-corrected chi connectivity index (χ1v) is 8.45. The van der Waals surface area contributed by atoms with Crippen LogP contribution in [0.1, 0.15) is 15.9 Å². The Labute approximate surface area is 144 Å². The Morgan fingerprint density at radius 1 is 1.22 bits per heavy atom. The van der Waals surface area contributed by atoms with Gasteiger partial charge in [0.1, 0.15) is 0 Å². The van der Waals surface area contributed by atoms with E-state index in [1.165, 1.54) is 28.0 Å². The summed E-state index contributed by atoms with van der Waals surface area (Å²) in [6, 6.07) is 10.6. The highest BCUT2D eigenvalue weighted by molar-refractivity contribution is 9.10. The largest absolute Gasteiger partial charge is 0.310 e. The zero-order valence-electron chi connectivity index (χ0n) is 11.9. The standard InChI is InChI=1S/C16H12BrN3O2S/c17-13-4-1-11(2-5-13)9-20-10-12(3-6-14(20)21)15(22)19-16-18-7-8-23-16/h1-8,10H,9H2,(H,18,19,22). The number of nitrogens with one attached hydrogen (secondary N) is 1. The fourth-order valence-corrected chi connectivity index (χ4v) is 2.82. The molecule has 7 heteroatoms. The Bertz CT molecular complexity index is 873. The smallest absolute Gasteiger partial charge is 0.258 e. The molecule has 3 rings (SSSR count). The van der Waals surface area contributed by atoms with Gasteiger partial charge in [0.15, 0.2) is 5.13 Å². The molecule has 0 unspecified atom stereocenters. The quantitative estimate of drug-likeness (QED) is 0.743. The molecule has 0 radical (unpaired) electrons. The Balaban J connectivity index is 1.82. The number of pyridine rings is 1. The molecule has 0 saturated heterocycles. The number of thiazole rings is 1. The molecule has 0 saturated carbocycles. The molecule has 2 heterocycles. The number of halogens is 1. The summed E-state index contributed by atoms with van der Waals surface area (Å²) in [5.74, 6) is -0.287. The van der Waals surface area contributed by atoms with E-state index >= 15 is 0 Å². The lowest BCUT2D eigenvalue weighted by Gasteiger charge is -2.08. The molecule has 0 fully saturated rings.